The maximum absolute atomic E-state index is 13.7. The highest BCUT2D eigenvalue weighted by molar-refractivity contribution is 5.90. The van der Waals surface area contributed by atoms with Crippen LogP contribution in [0.1, 0.15) is 43.7 Å². The number of ether oxygens (including phenoxy) is 1. The first-order valence-corrected chi connectivity index (χ1v) is 10.7. The quantitative estimate of drug-likeness (QED) is 0.641. The van der Waals surface area contributed by atoms with Gasteiger partial charge in [0.05, 0.1) is 18.9 Å². The van der Waals surface area contributed by atoms with E-state index < -0.39 is 5.82 Å². The summed E-state index contributed by atoms with van der Waals surface area (Å²) in [7, 11) is 0. The molecule has 2 aromatic carbocycles. The van der Waals surface area contributed by atoms with Crippen LogP contribution in [0.25, 0.3) is 0 Å². The number of para-hydroxylation sites is 1. The zero-order chi connectivity index (χ0) is 21.3. The minimum Gasteiger partial charge on any atom is -0.494 e. The van der Waals surface area contributed by atoms with Crippen LogP contribution in [-0.4, -0.2) is 35.6 Å². The highest BCUT2D eigenvalue weighted by Gasteiger charge is 2.21. The number of carbonyl (C=O) groups is 1. The summed E-state index contributed by atoms with van der Waals surface area (Å²) in [6.07, 6.45) is 3.39. The molecule has 1 fully saturated rings. The molecule has 0 saturated carbocycles. The second-order valence-corrected chi connectivity index (χ2v) is 7.84. The maximum Gasteiger partial charge on any atom is 0.224 e. The van der Waals surface area contributed by atoms with Crippen molar-refractivity contribution in [3.8, 4) is 5.75 Å². The molecule has 1 saturated heterocycles. The smallest absolute Gasteiger partial charge is 0.224 e. The lowest BCUT2D eigenvalue weighted by Gasteiger charge is -2.33. The lowest BCUT2D eigenvalue weighted by atomic mass is 9.93. The summed E-state index contributed by atoms with van der Waals surface area (Å²) < 4.78 is 19.2. The normalized spacial score (nSPS) is 17.0. The lowest BCUT2D eigenvalue weighted by Crippen LogP contribution is -2.35. The van der Waals surface area contributed by atoms with E-state index in [9.17, 15) is 14.3 Å². The first kappa shape index (κ1) is 22.2. The Morgan fingerprint density at radius 2 is 2.13 bits per heavy atom. The lowest BCUT2D eigenvalue weighted by molar-refractivity contribution is -0.116. The SMILES string of the molecule is CCOc1ccc(CN2CCC[C@@H](CCC(=O)Nc3ccccc3F)C2)cc1CO. The van der Waals surface area contributed by atoms with Crippen LogP contribution in [0.15, 0.2) is 42.5 Å². The number of nitrogens with one attached hydrogen (secondary N) is 1. The molecule has 1 heterocycles. The molecule has 2 N–H and O–H groups in total. The summed E-state index contributed by atoms with van der Waals surface area (Å²) in [5, 5.41) is 12.3. The van der Waals surface area contributed by atoms with Gasteiger partial charge in [-0.2, -0.15) is 0 Å². The number of aliphatic hydroxyl groups excluding tert-OH is 1. The fourth-order valence-electron chi connectivity index (χ4n) is 4.05. The van der Waals surface area contributed by atoms with Gasteiger partial charge >= 0.3 is 0 Å². The van der Waals surface area contributed by atoms with Crippen molar-refractivity contribution in [1.82, 2.24) is 4.90 Å². The van der Waals surface area contributed by atoms with E-state index in [1.54, 1.807) is 18.2 Å². The van der Waals surface area contributed by atoms with Gasteiger partial charge in [-0.3, -0.25) is 9.69 Å². The molecule has 162 valence electrons. The molecule has 0 radical (unpaired) electrons. The molecular formula is C24H31FN2O3. The third-order valence-corrected chi connectivity index (χ3v) is 5.53. The Kier molecular flexibility index (Phi) is 8.22. The van der Waals surface area contributed by atoms with Crippen LogP contribution < -0.4 is 10.1 Å². The number of hydrogen-bond donors (Lipinski definition) is 2. The minimum absolute atomic E-state index is 0.0388. The van der Waals surface area contributed by atoms with Crippen molar-refractivity contribution in [2.45, 2.75) is 45.8 Å². The molecular weight excluding hydrogens is 383 g/mol. The van der Waals surface area contributed by atoms with E-state index in [0.717, 1.165) is 55.8 Å². The number of piperidine rings is 1. The van der Waals surface area contributed by atoms with Crippen molar-refractivity contribution in [3.05, 3.63) is 59.4 Å². The van der Waals surface area contributed by atoms with Crippen LogP contribution in [0, 0.1) is 11.7 Å². The second-order valence-electron chi connectivity index (χ2n) is 7.84. The van der Waals surface area contributed by atoms with Crippen LogP contribution in [-0.2, 0) is 17.9 Å². The van der Waals surface area contributed by atoms with Crippen molar-refractivity contribution in [2.24, 2.45) is 5.92 Å². The molecule has 0 unspecified atom stereocenters. The molecule has 0 aromatic heterocycles. The standard InChI is InChI=1S/C24H31FN2O3/c1-2-30-23-11-9-19(14-20(23)17-28)16-27-13-5-6-18(15-27)10-12-24(29)26-22-8-4-3-7-21(22)25/h3-4,7-9,11,14,18,28H,2,5-6,10,12-13,15-17H2,1H3,(H,26,29)/t18-/m0/s1. The fraction of sp³-hybridized carbons (Fsp3) is 0.458. The largest absolute Gasteiger partial charge is 0.494 e. The van der Waals surface area contributed by atoms with E-state index in [4.69, 9.17) is 4.74 Å². The number of aliphatic hydroxyl groups is 1. The van der Waals surface area contributed by atoms with Crippen molar-refractivity contribution in [1.29, 1.82) is 0 Å². The molecule has 0 spiro atoms. The summed E-state index contributed by atoms with van der Waals surface area (Å²) in [6, 6.07) is 12.2. The summed E-state index contributed by atoms with van der Waals surface area (Å²) in [6.45, 7) is 5.25. The number of amides is 1. The van der Waals surface area contributed by atoms with E-state index >= 15 is 0 Å². The third-order valence-electron chi connectivity index (χ3n) is 5.53. The molecule has 3 rings (SSSR count). The fourth-order valence-corrected chi connectivity index (χ4v) is 4.05. The highest BCUT2D eigenvalue weighted by Crippen LogP contribution is 2.25. The predicted octanol–water partition coefficient (Wildman–Crippen LogP) is 4.35. The predicted molar refractivity (Wildman–Crippen MR) is 116 cm³/mol. The first-order chi connectivity index (χ1) is 14.6. The van der Waals surface area contributed by atoms with Crippen LogP contribution in [0.3, 0.4) is 0 Å². The zero-order valence-corrected chi connectivity index (χ0v) is 17.6. The molecule has 0 aliphatic carbocycles. The van der Waals surface area contributed by atoms with Gasteiger partial charge < -0.3 is 15.2 Å². The number of rotatable bonds is 9. The Morgan fingerprint density at radius 1 is 1.30 bits per heavy atom. The van der Waals surface area contributed by atoms with Gasteiger partial charge in [-0.1, -0.05) is 18.2 Å². The Hall–Kier alpha value is -2.44. The molecule has 6 heteroatoms. The number of anilines is 1. The van der Waals surface area contributed by atoms with Gasteiger partial charge in [0.15, 0.2) is 0 Å². The Bertz CT molecular complexity index is 843. The Labute approximate surface area is 177 Å². The summed E-state index contributed by atoms with van der Waals surface area (Å²) in [5.41, 5.74) is 2.20. The van der Waals surface area contributed by atoms with Crippen LogP contribution in [0.2, 0.25) is 0 Å². The molecule has 2 aromatic rings. The molecule has 1 aliphatic rings. The average molecular weight is 415 g/mol. The van der Waals surface area contributed by atoms with Crippen molar-refractivity contribution in [3.63, 3.8) is 0 Å². The maximum atomic E-state index is 13.7. The number of likely N-dealkylation sites (tertiary alicyclic amines) is 1. The molecule has 30 heavy (non-hydrogen) atoms. The van der Waals surface area contributed by atoms with Gasteiger partial charge in [0.1, 0.15) is 11.6 Å². The topological polar surface area (TPSA) is 61.8 Å². The van der Waals surface area contributed by atoms with Gasteiger partial charge in [-0.05, 0) is 68.5 Å². The van der Waals surface area contributed by atoms with Crippen molar-refractivity contribution < 1.29 is 19.0 Å². The number of carbonyl (C=O) groups excluding carboxylic acids is 1. The van der Waals surface area contributed by atoms with Crippen molar-refractivity contribution >= 4 is 11.6 Å². The van der Waals surface area contributed by atoms with E-state index in [2.05, 4.69) is 16.3 Å². The van der Waals surface area contributed by atoms with E-state index in [0.29, 0.717) is 18.9 Å². The monoisotopic (exact) mass is 414 g/mol. The zero-order valence-electron chi connectivity index (χ0n) is 17.6. The van der Waals surface area contributed by atoms with Crippen molar-refractivity contribution in [2.75, 3.05) is 25.0 Å². The van der Waals surface area contributed by atoms with Gasteiger partial charge in [0.25, 0.3) is 0 Å². The van der Waals surface area contributed by atoms with Gasteiger partial charge in [0.2, 0.25) is 5.91 Å². The van der Waals surface area contributed by atoms with E-state index in [1.807, 2.05) is 19.1 Å². The van der Waals surface area contributed by atoms with E-state index in [1.165, 1.54) is 6.07 Å². The number of halogens is 1. The van der Waals surface area contributed by atoms with Crippen LogP contribution in [0.5, 0.6) is 5.75 Å². The molecule has 1 aliphatic heterocycles. The minimum atomic E-state index is -0.410. The number of hydrogen-bond acceptors (Lipinski definition) is 4. The molecule has 1 amide bonds. The summed E-state index contributed by atoms with van der Waals surface area (Å²) in [4.78, 5) is 14.6. The molecule has 5 nitrogen and oxygen atoms in total. The van der Waals surface area contributed by atoms with Gasteiger partial charge in [-0.25, -0.2) is 4.39 Å². The average Bonchev–Trinajstić information content (AvgIpc) is 2.75. The van der Waals surface area contributed by atoms with Crippen LogP contribution >= 0.6 is 0 Å². The molecule has 1 atom stereocenters. The Balaban J connectivity index is 1.49. The second kappa shape index (κ2) is 11.1. The summed E-state index contributed by atoms with van der Waals surface area (Å²) in [5.74, 6) is 0.634. The van der Waals surface area contributed by atoms with E-state index in [-0.39, 0.29) is 18.2 Å². The van der Waals surface area contributed by atoms with Gasteiger partial charge in [0, 0.05) is 25.1 Å². The third kappa shape index (κ3) is 6.28. The molecule has 0 bridgehead atoms. The first-order valence-electron chi connectivity index (χ1n) is 10.7. The van der Waals surface area contributed by atoms with Gasteiger partial charge in [-0.15, -0.1) is 0 Å². The summed E-state index contributed by atoms with van der Waals surface area (Å²) >= 11 is 0. The number of nitrogens with zero attached hydrogens (tertiary/aromatic N) is 1. The number of benzene rings is 2. The van der Waals surface area contributed by atoms with Crippen LogP contribution in [0.4, 0.5) is 10.1 Å². The Morgan fingerprint density at radius 3 is 2.90 bits per heavy atom. The highest BCUT2D eigenvalue weighted by atomic mass is 19.1.